The maximum atomic E-state index is 3.59. The molecule has 0 amide bonds. The second-order valence-electron chi connectivity index (χ2n) is 5.84. The van der Waals surface area contributed by atoms with E-state index in [2.05, 4.69) is 64.2 Å². The summed E-state index contributed by atoms with van der Waals surface area (Å²) in [5.74, 6) is 0. The molecule has 0 aliphatic carbocycles. The topological polar surface area (TPSA) is 12.0 Å². The highest BCUT2D eigenvalue weighted by Gasteiger charge is 2.12. The number of hydrogen-bond acceptors (Lipinski definition) is 1. The van der Waals surface area contributed by atoms with Crippen LogP contribution in [0.25, 0.3) is 0 Å². The van der Waals surface area contributed by atoms with E-state index >= 15 is 0 Å². The molecule has 0 atom stereocenters. The van der Waals surface area contributed by atoms with E-state index in [1.54, 1.807) is 0 Å². The standard InChI is InChI=1S/C16H27N/c1-6-15(7-2)17-12-13-8-10-14(11-9-13)16(3,4)5/h8-11,15,17H,6-7,12H2,1-5H3. The maximum absolute atomic E-state index is 3.59. The molecule has 0 fully saturated rings. The number of rotatable bonds is 5. The van der Waals surface area contributed by atoms with Gasteiger partial charge in [0.1, 0.15) is 0 Å². The normalized spacial score (nSPS) is 12.1. The molecule has 1 N–H and O–H groups in total. The van der Waals surface area contributed by atoms with Gasteiger partial charge in [0.2, 0.25) is 0 Å². The second kappa shape index (κ2) is 6.20. The Morgan fingerprint density at radius 2 is 1.53 bits per heavy atom. The molecule has 0 saturated heterocycles. The average Bonchev–Trinajstić information content (AvgIpc) is 2.30. The summed E-state index contributed by atoms with van der Waals surface area (Å²) in [6.45, 7) is 12.2. The molecule has 0 bridgehead atoms. The Morgan fingerprint density at radius 1 is 1.00 bits per heavy atom. The molecule has 0 aromatic heterocycles. The van der Waals surface area contributed by atoms with Gasteiger partial charge in [0, 0.05) is 12.6 Å². The third-order valence-corrected chi connectivity index (χ3v) is 3.40. The van der Waals surface area contributed by atoms with Crippen molar-refractivity contribution in [1.82, 2.24) is 5.32 Å². The lowest BCUT2D eigenvalue weighted by molar-refractivity contribution is 0.484. The van der Waals surface area contributed by atoms with Gasteiger partial charge in [0.05, 0.1) is 0 Å². The second-order valence-corrected chi connectivity index (χ2v) is 5.84. The molecule has 1 aromatic carbocycles. The van der Waals surface area contributed by atoms with E-state index in [1.165, 1.54) is 24.0 Å². The van der Waals surface area contributed by atoms with Gasteiger partial charge in [-0.3, -0.25) is 0 Å². The lowest BCUT2D eigenvalue weighted by atomic mass is 9.87. The highest BCUT2D eigenvalue weighted by molar-refractivity contribution is 5.27. The maximum Gasteiger partial charge on any atom is 0.0208 e. The number of hydrogen-bond donors (Lipinski definition) is 1. The molecular weight excluding hydrogens is 206 g/mol. The van der Waals surface area contributed by atoms with Crippen LogP contribution in [0.3, 0.4) is 0 Å². The van der Waals surface area contributed by atoms with Crippen LogP contribution >= 0.6 is 0 Å². The Kier molecular flexibility index (Phi) is 5.20. The summed E-state index contributed by atoms with van der Waals surface area (Å²) in [4.78, 5) is 0. The van der Waals surface area contributed by atoms with Gasteiger partial charge in [-0.25, -0.2) is 0 Å². The molecule has 96 valence electrons. The van der Waals surface area contributed by atoms with Gasteiger partial charge in [-0.1, -0.05) is 58.9 Å². The van der Waals surface area contributed by atoms with Crippen molar-refractivity contribution in [2.45, 2.75) is 65.5 Å². The van der Waals surface area contributed by atoms with Crippen LogP contribution in [0.5, 0.6) is 0 Å². The van der Waals surface area contributed by atoms with Gasteiger partial charge >= 0.3 is 0 Å². The van der Waals surface area contributed by atoms with E-state index in [-0.39, 0.29) is 5.41 Å². The summed E-state index contributed by atoms with van der Waals surface area (Å²) in [5, 5.41) is 3.59. The van der Waals surface area contributed by atoms with Crippen molar-refractivity contribution >= 4 is 0 Å². The van der Waals surface area contributed by atoms with Crippen LogP contribution in [0, 0.1) is 0 Å². The molecule has 1 aromatic rings. The summed E-state index contributed by atoms with van der Waals surface area (Å²) in [6, 6.07) is 9.65. The first-order chi connectivity index (χ1) is 7.97. The fourth-order valence-corrected chi connectivity index (χ4v) is 1.96. The van der Waals surface area contributed by atoms with E-state index < -0.39 is 0 Å². The molecule has 0 radical (unpaired) electrons. The summed E-state index contributed by atoms with van der Waals surface area (Å²) in [7, 11) is 0. The molecule has 0 saturated carbocycles. The smallest absolute Gasteiger partial charge is 0.0208 e. The molecule has 1 nitrogen and oxygen atoms in total. The largest absolute Gasteiger partial charge is 0.310 e. The number of nitrogens with one attached hydrogen (secondary N) is 1. The van der Waals surface area contributed by atoms with E-state index in [0.717, 1.165) is 6.54 Å². The fourth-order valence-electron chi connectivity index (χ4n) is 1.96. The Morgan fingerprint density at radius 3 is 1.94 bits per heavy atom. The van der Waals surface area contributed by atoms with Crippen molar-refractivity contribution in [3.63, 3.8) is 0 Å². The average molecular weight is 233 g/mol. The third-order valence-electron chi connectivity index (χ3n) is 3.40. The summed E-state index contributed by atoms with van der Waals surface area (Å²) in [5.41, 5.74) is 3.04. The minimum absolute atomic E-state index is 0.251. The zero-order valence-electron chi connectivity index (χ0n) is 12.0. The molecule has 0 heterocycles. The highest BCUT2D eigenvalue weighted by Crippen LogP contribution is 2.22. The minimum Gasteiger partial charge on any atom is -0.310 e. The van der Waals surface area contributed by atoms with Gasteiger partial charge < -0.3 is 5.32 Å². The molecule has 1 rings (SSSR count). The third kappa shape index (κ3) is 4.51. The fraction of sp³-hybridized carbons (Fsp3) is 0.625. The predicted molar refractivity (Wildman–Crippen MR) is 76.4 cm³/mol. The van der Waals surface area contributed by atoms with Crippen molar-refractivity contribution in [2.75, 3.05) is 0 Å². The van der Waals surface area contributed by atoms with Crippen LogP contribution in [0.15, 0.2) is 24.3 Å². The molecule has 0 aliphatic rings. The summed E-state index contributed by atoms with van der Waals surface area (Å²) >= 11 is 0. The van der Waals surface area contributed by atoms with Gasteiger partial charge in [-0.05, 0) is 29.4 Å². The predicted octanol–water partition coefficient (Wildman–Crippen LogP) is 4.26. The van der Waals surface area contributed by atoms with Crippen molar-refractivity contribution in [2.24, 2.45) is 0 Å². The van der Waals surface area contributed by atoms with Gasteiger partial charge in [-0.2, -0.15) is 0 Å². The van der Waals surface area contributed by atoms with Crippen LogP contribution in [0.4, 0.5) is 0 Å². The van der Waals surface area contributed by atoms with Crippen LogP contribution in [-0.4, -0.2) is 6.04 Å². The lowest BCUT2D eigenvalue weighted by Crippen LogP contribution is -2.27. The Labute approximate surface area is 107 Å². The monoisotopic (exact) mass is 233 g/mol. The molecule has 0 unspecified atom stereocenters. The summed E-state index contributed by atoms with van der Waals surface area (Å²) < 4.78 is 0. The highest BCUT2D eigenvalue weighted by atomic mass is 14.9. The molecule has 17 heavy (non-hydrogen) atoms. The van der Waals surface area contributed by atoms with Crippen LogP contribution in [0.1, 0.15) is 58.6 Å². The van der Waals surface area contributed by atoms with Crippen LogP contribution < -0.4 is 5.32 Å². The molecular formula is C16H27N. The van der Waals surface area contributed by atoms with Crippen molar-refractivity contribution < 1.29 is 0 Å². The summed E-state index contributed by atoms with van der Waals surface area (Å²) in [6.07, 6.45) is 2.41. The van der Waals surface area contributed by atoms with E-state index in [1.807, 2.05) is 0 Å². The minimum atomic E-state index is 0.251. The Hall–Kier alpha value is -0.820. The number of benzene rings is 1. The van der Waals surface area contributed by atoms with Crippen molar-refractivity contribution in [1.29, 1.82) is 0 Å². The zero-order chi connectivity index (χ0) is 12.9. The van der Waals surface area contributed by atoms with E-state index in [9.17, 15) is 0 Å². The SMILES string of the molecule is CCC(CC)NCc1ccc(C(C)(C)C)cc1. The molecule has 1 heteroatoms. The van der Waals surface area contributed by atoms with Crippen LogP contribution in [-0.2, 0) is 12.0 Å². The van der Waals surface area contributed by atoms with E-state index in [0.29, 0.717) is 6.04 Å². The first-order valence-electron chi connectivity index (χ1n) is 6.80. The van der Waals surface area contributed by atoms with Crippen molar-refractivity contribution in [3.05, 3.63) is 35.4 Å². The lowest BCUT2D eigenvalue weighted by Gasteiger charge is -2.20. The quantitative estimate of drug-likeness (QED) is 0.801. The molecule has 0 aliphatic heterocycles. The van der Waals surface area contributed by atoms with Crippen molar-refractivity contribution in [3.8, 4) is 0 Å². The van der Waals surface area contributed by atoms with E-state index in [4.69, 9.17) is 0 Å². The van der Waals surface area contributed by atoms with Gasteiger partial charge in [0.15, 0.2) is 0 Å². The van der Waals surface area contributed by atoms with Gasteiger partial charge in [0.25, 0.3) is 0 Å². The Bertz CT molecular complexity index is 314. The van der Waals surface area contributed by atoms with Gasteiger partial charge in [-0.15, -0.1) is 0 Å². The zero-order valence-corrected chi connectivity index (χ0v) is 12.0. The first-order valence-corrected chi connectivity index (χ1v) is 6.80. The van der Waals surface area contributed by atoms with Crippen LogP contribution in [0.2, 0.25) is 0 Å². The first kappa shape index (κ1) is 14.2. The molecule has 0 spiro atoms. The Balaban J connectivity index is 2.57.